The van der Waals surface area contributed by atoms with Crippen LogP contribution in [-0.4, -0.2) is 26.8 Å². The average molecular weight is 269 g/mol. The molecule has 0 bridgehead atoms. The molecule has 1 atom stereocenters. The third-order valence-corrected chi connectivity index (χ3v) is 2.73. The average Bonchev–Trinajstić information content (AvgIpc) is 2.69. The second kappa shape index (κ2) is 5.22. The van der Waals surface area contributed by atoms with Crippen LogP contribution in [0, 0.1) is 10.1 Å². The summed E-state index contributed by atoms with van der Waals surface area (Å²) in [5.41, 5.74) is 1.39. The summed E-state index contributed by atoms with van der Waals surface area (Å²) in [7, 11) is 0. The highest BCUT2D eigenvalue weighted by atomic mass is 35.5. The van der Waals surface area contributed by atoms with Crippen molar-refractivity contribution < 1.29 is 4.92 Å². The van der Waals surface area contributed by atoms with Crippen molar-refractivity contribution in [2.75, 3.05) is 11.9 Å². The molecule has 0 saturated carbocycles. The number of nitro groups is 1. The highest BCUT2D eigenvalue weighted by Gasteiger charge is 2.09. The standard InChI is InChI=1S/C11H13ClN4O2/c1-7(12)4-5-13-11-14-9-3-2-8(16(17)18)6-10(9)15-11/h2-3,6-7H,4-5H2,1H3,(H2,13,14,15). The van der Waals surface area contributed by atoms with E-state index < -0.39 is 4.92 Å². The molecule has 0 radical (unpaired) electrons. The molecule has 96 valence electrons. The van der Waals surface area contributed by atoms with Crippen molar-refractivity contribution in [3.05, 3.63) is 28.3 Å². The van der Waals surface area contributed by atoms with Crippen LogP contribution >= 0.6 is 11.6 Å². The zero-order chi connectivity index (χ0) is 13.1. The van der Waals surface area contributed by atoms with Gasteiger partial charge in [-0.05, 0) is 19.4 Å². The van der Waals surface area contributed by atoms with E-state index in [2.05, 4.69) is 15.3 Å². The Morgan fingerprint density at radius 3 is 3.06 bits per heavy atom. The zero-order valence-corrected chi connectivity index (χ0v) is 10.6. The maximum atomic E-state index is 10.6. The van der Waals surface area contributed by atoms with Crippen LogP contribution in [0.1, 0.15) is 13.3 Å². The third-order valence-electron chi connectivity index (χ3n) is 2.51. The molecule has 0 aliphatic heterocycles. The van der Waals surface area contributed by atoms with Gasteiger partial charge in [-0.2, -0.15) is 0 Å². The number of anilines is 1. The Hall–Kier alpha value is -1.82. The van der Waals surface area contributed by atoms with Crippen LogP contribution < -0.4 is 5.32 Å². The Bertz CT molecular complexity index is 567. The van der Waals surface area contributed by atoms with Crippen molar-refractivity contribution in [1.29, 1.82) is 0 Å². The normalized spacial score (nSPS) is 12.6. The number of nitrogens with zero attached hydrogens (tertiary/aromatic N) is 2. The predicted molar refractivity (Wildman–Crippen MR) is 71.2 cm³/mol. The zero-order valence-electron chi connectivity index (χ0n) is 9.81. The second-order valence-electron chi connectivity index (χ2n) is 4.04. The number of rotatable bonds is 5. The summed E-state index contributed by atoms with van der Waals surface area (Å²) in [6.07, 6.45) is 0.818. The molecule has 0 saturated heterocycles. The van der Waals surface area contributed by atoms with Crippen molar-refractivity contribution in [2.45, 2.75) is 18.7 Å². The van der Waals surface area contributed by atoms with Gasteiger partial charge in [-0.15, -0.1) is 11.6 Å². The Morgan fingerprint density at radius 1 is 1.61 bits per heavy atom. The van der Waals surface area contributed by atoms with E-state index in [0.29, 0.717) is 23.5 Å². The second-order valence-corrected chi connectivity index (χ2v) is 4.79. The van der Waals surface area contributed by atoms with Crippen LogP contribution in [0.15, 0.2) is 18.2 Å². The minimum Gasteiger partial charge on any atom is -0.356 e. The molecular weight excluding hydrogens is 256 g/mol. The molecule has 2 aromatic rings. The fourth-order valence-electron chi connectivity index (χ4n) is 1.58. The van der Waals surface area contributed by atoms with Gasteiger partial charge in [0.25, 0.3) is 5.69 Å². The van der Waals surface area contributed by atoms with Gasteiger partial charge in [-0.1, -0.05) is 0 Å². The lowest BCUT2D eigenvalue weighted by Crippen LogP contribution is -2.07. The summed E-state index contributed by atoms with van der Waals surface area (Å²) in [5.74, 6) is 0.600. The number of aromatic amines is 1. The highest BCUT2D eigenvalue weighted by molar-refractivity contribution is 6.20. The van der Waals surface area contributed by atoms with E-state index in [9.17, 15) is 10.1 Å². The van der Waals surface area contributed by atoms with Gasteiger partial charge < -0.3 is 10.3 Å². The number of imidazole rings is 1. The molecule has 0 aliphatic rings. The van der Waals surface area contributed by atoms with Gasteiger partial charge in [0.15, 0.2) is 0 Å². The molecule has 1 unspecified atom stereocenters. The van der Waals surface area contributed by atoms with Crippen LogP contribution in [0.5, 0.6) is 0 Å². The Kier molecular flexibility index (Phi) is 3.66. The molecule has 7 heteroatoms. The van der Waals surface area contributed by atoms with Gasteiger partial charge in [-0.3, -0.25) is 10.1 Å². The first-order valence-corrected chi connectivity index (χ1v) is 6.02. The van der Waals surface area contributed by atoms with Crippen LogP contribution in [-0.2, 0) is 0 Å². The van der Waals surface area contributed by atoms with Gasteiger partial charge in [0.05, 0.1) is 16.0 Å². The predicted octanol–water partition coefficient (Wildman–Crippen LogP) is 2.90. The molecule has 0 fully saturated rings. The number of fused-ring (bicyclic) bond motifs is 1. The molecule has 1 heterocycles. The molecule has 1 aromatic carbocycles. The van der Waals surface area contributed by atoms with E-state index in [4.69, 9.17) is 11.6 Å². The number of non-ortho nitro benzene ring substituents is 1. The third kappa shape index (κ3) is 2.89. The van der Waals surface area contributed by atoms with E-state index in [1.165, 1.54) is 12.1 Å². The lowest BCUT2D eigenvalue weighted by molar-refractivity contribution is -0.384. The van der Waals surface area contributed by atoms with E-state index in [0.717, 1.165) is 6.42 Å². The SMILES string of the molecule is CC(Cl)CCNc1nc2ccc([N+](=O)[O-])cc2[nH]1. The van der Waals surface area contributed by atoms with Crippen molar-refractivity contribution >= 4 is 34.3 Å². The van der Waals surface area contributed by atoms with E-state index in [1.807, 2.05) is 6.92 Å². The fraction of sp³-hybridized carbons (Fsp3) is 0.364. The van der Waals surface area contributed by atoms with Crippen molar-refractivity contribution in [3.8, 4) is 0 Å². The van der Waals surface area contributed by atoms with Gasteiger partial charge in [0.1, 0.15) is 0 Å². The number of alkyl halides is 1. The molecule has 6 nitrogen and oxygen atoms in total. The molecule has 2 N–H and O–H groups in total. The maximum absolute atomic E-state index is 10.6. The molecular formula is C11H13ClN4O2. The number of benzene rings is 1. The molecule has 0 aliphatic carbocycles. The Balaban J connectivity index is 2.14. The van der Waals surface area contributed by atoms with Gasteiger partial charge in [0, 0.05) is 24.1 Å². The van der Waals surface area contributed by atoms with E-state index in [1.54, 1.807) is 6.07 Å². The lowest BCUT2D eigenvalue weighted by atomic mass is 10.3. The quantitative estimate of drug-likeness (QED) is 0.496. The van der Waals surface area contributed by atoms with Crippen LogP contribution in [0.2, 0.25) is 0 Å². The van der Waals surface area contributed by atoms with Crippen molar-refractivity contribution in [1.82, 2.24) is 9.97 Å². The molecule has 0 amide bonds. The summed E-state index contributed by atoms with van der Waals surface area (Å²) < 4.78 is 0. The highest BCUT2D eigenvalue weighted by Crippen LogP contribution is 2.20. The molecule has 0 spiro atoms. The van der Waals surface area contributed by atoms with Gasteiger partial charge in [-0.25, -0.2) is 4.98 Å². The summed E-state index contributed by atoms with van der Waals surface area (Å²) in [6, 6.07) is 4.53. The van der Waals surface area contributed by atoms with Crippen LogP contribution in [0.25, 0.3) is 11.0 Å². The summed E-state index contributed by atoms with van der Waals surface area (Å²) >= 11 is 5.83. The molecule has 1 aromatic heterocycles. The van der Waals surface area contributed by atoms with Gasteiger partial charge in [0.2, 0.25) is 5.95 Å². The lowest BCUT2D eigenvalue weighted by Gasteiger charge is -2.03. The number of aromatic nitrogens is 2. The number of hydrogen-bond donors (Lipinski definition) is 2. The van der Waals surface area contributed by atoms with Crippen molar-refractivity contribution in [3.63, 3.8) is 0 Å². The van der Waals surface area contributed by atoms with Crippen molar-refractivity contribution in [2.24, 2.45) is 0 Å². The topological polar surface area (TPSA) is 83.8 Å². The molecule has 18 heavy (non-hydrogen) atoms. The Morgan fingerprint density at radius 2 is 2.39 bits per heavy atom. The first-order valence-electron chi connectivity index (χ1n) is 5.58. The molecule has 2 rings (SSSR count). The number of H-pyrrole nitrogens is 1. The first kappa shape index (κ1) is 12.6. The van der Waals surface area contributed by atoms with Gasteiger partial charge >= 0.3 is 0 Å². The summed E-state index contributed by atoms with van der Waals surface area (Å²) in [6.45, 7) is 2.62. The van der Waals surface area contributed by atoms with E-state index in [-0.39, 0.29) is 11.1 Å². The minimum atomic E-state index is -0.428. The number of halogens is 1. The first-order chi connectivity index (χ1) is 8.56. The van der Waals surface area contributed by atoms with Crippen LogP contribution in [0.4, 0.5) is 11.6 Å². The smallest absolute Gasteiger partial charge is 0.271 e. The number of nitrogens with one attached hydrogen (secondary N) is 2. The monoisotopic (exact) mass is 268 g/mol. The summed E-state index contributed by atoms with van der Waals surface area (Å²) in [4.78, 5) is 17.5. The number of hydrogen-bond acceptors (Lipinski definition) is 4. The maximum Gasteiger partial charge on any atom is 0.271 e. The number of nitro benzene ring substituents is 1. The van der Waals surface area contributed by atoms with E-state index >= 15 is 0 Å². The minimum absolute atomic E-state index is 0.0482. The largest absolute Gasteiger partial charge is 0.356 e. The Labute approximate surface area is 109 Å². The fourth-order valence-corrected chi connectivity index (χ4v) is 1.69. The summed E-state index contributed by atoms with van der Waals surface area (Å²) in [5, 5.41) is 13.8. The van der Waals surface area contributed by atoms with Crippen LogP contribution in [0.3, 0.4) is 0 Å².